The minimum atomic E-state index is -2.91. The summed E-state index contributed by atoms with van der Waals surface area (Å²) in [4.78, 5) is 0. The molecule has 5 heteroatoms. The fourth-order valence-electron chi connectivity index (χ4n) is 0. The molecule has 0 aromatic heterocycles. The Labute approximate surface area is 54.3 Å². The van der Waals surface area contributed by atoms with Crippen molar-refractivity contribution in [3.05, 3.63) is 0 Å². The summed E-state index contributed by atoms with van der Waals surface area (Å²) in [5.41, 5.74) is 0. The first-order valence-electron chi connectivity index (χ1n) is 1.29. The molecule has 7 heavy (non-hydrogen) atoms. The van der Waals surface area contributed by atoms with Gasteiger partial charge in [0.25, 0.3) is 10.2 Å². The summed E-state index contributed by atoms with van der Waals surface area (Å²) < 4.78 is 19.9. The van der Waals surface area contributed by atoms with E-state index in [0.717, 1.165) is 0 Å². The standard InChI is InChI=1S/C2HCl3F2/c3-2(4,5)1(6)7/h1H. The molecule has 0 saturated heterocycles. The number of hydrogen-bond donors (Lipinski definition) is 0. The predicted molar refractivity (Wildman–Crippen MR) is 26.3 cm³/mol. The average Bonchev–Trinajstić information content (AvgIpc) is 1.31. The monoisotopic (exact) mass is 168 g/mol. The van der Waals surface area contributed by atoms with Gasteiger partial charge < -0.3 is 0 Å². The molecule has 44 valence electrons. The first-order valence-corrected chi connectivity index (χ1v) is 2.43. The summed E-state index contributed by atoms with van der Waals surface area (Å²) in [7, 11) is 0. The van der Waals surface area contributed by atoms with Gasteiger partial charge >= 0.3 is 0 Å². The van der Waals surface area contributed by atoms with Crippen LogP contribution in [-0.4, -0.2) is 10.2 Å². The van der Waals surface area contributed by atoms with Crippen molar-refractivity contribution < 1.29 is 8.78 Å². The zero-order chi connectivity index (χ0) is 6.08. The smallest absolute Gasteiger partial charge is 0.206 e. The topological polar surface area (TPSA) is 0 Å². The lowest BCUT2D eigenvalue weighted by Crippen LogP contribution is -2.14. The van der Waals surface area contributed by atoms with E-state index >= 15 is 0 Å². The molecule has 0 unspecified atom stereocenters. The van der Waals surface area contributed by atoms with Gasteiger partial charge in [-0.2, -0.15) is 0 Å². The number of alkyl halides is 5. The average molecular weight is 169 g/mol. The van der Waals surface area contributed by atoms with Crippen LogP contribution in [0.1, 0.15) is 0 Å². The lowest BCUT2D eigenvalue weighted by Gasteiger charge is -2.06. The van der Waals surface area contributed by atoms with E-state index in [4.69, 9.17) is 0 Å². The summed E-state index contributed by atoms with van der Waals surface area (Å²) in [5, 5.41) is 0. The molecular formula is C2HCl3F2. The quantitative estimate of drug-likeness (QED) is 0.489. The number of hydrogen-bond acceptors (Lipinski definition) is 0. The zero-order valence-corrected chi connectivity index (χ0v) is 5.23. The van der Waals surface area contributed by atoms with Crippen molar-refractivity contribution in [2.45, 2.75) is 10.2 Å². The highest BCUT2D eigenvalue weighted by molar-refractivity contribution is 6.67. The molecule has 0 aliphatic heterocycles. The Bertz CT molecular complexity index is 56.4. The Balaban J connectivity index is 3.54. The number of rotatable bonds is 0. The maximum Gasteiger partial charge on any atom is 0.284 e. The molecular weight excluding hydrogens is 168 g/mol. The van der Waals surface area contributed by atoms with Gasteiger partial charge in [-0.3, -0.25) is 0 Å². The molecule has 0 nitrogen and oxygen atoms in total. The molecule has 0 saturated carbocycles. The van der Waals surface area contributed by atoms with Gasteiger partial charge in [0.1, 0.15) is 0 Å². The van der Waals surface area contributed by atoms with Gasteiger partial charge in [-0.1, -0.05) is 34.8 Å². The molecule has 0 N–H and O–H groups in total. The lowest BCUT2D eigenvalue weighted by atomic mass is 10.8. The Hall–Kier alpha value is 0.730. The fraction of sp³-hybridized carbons (Fsp3) is 1.00. The number of halogens is 5. The van der Waals surface area contributed by atoms with Gasteiger partial charge in [0.05, 0.1) is 0 Å². The Morgan fingerprint density at radius 1 is 1.14 bits per heavy atom. The lowest BCUT2D eigenvalue weighted by molar-refractivity contribution is 0.153. The van der Waals surface area contributed by atoms with Crippen molar-refractivity contribution >= 4 is 34.8 Å². The van der Waals surface area contributed by atoms with E-state index in [0.29, 0.717) is 0 Å². The van der Waals surface area contributed by atoms with Crippen molar-refractivity contribution in [3.8, 4) is 0 Å². The highest BCUT2D eigenvalue weighted by atomic mass is 35.6. The third kappa shape index (κ3) is 3.32. The van der Waals surface area contributed by atoms with Crippen LogP contribution in [0.2, 0.25) is 0 Å². The zero-order valence-electron chi connectivity index (χ0n) is 2.97. The third-order valence-electron chi connectivity index (χ3n) is 0.247. The van der Waals surface area contributed by atoms with Crippen LogP contribution in [0.3, 0.4) is 0 Å². The van der Waals surface area contributed by atoms with E-state index < -0.39 is 10.2 Å². The Kier molecular flexibility index (Phi) is 2.58. The predicted octanol–water partition coefficient (Wildman–Crippen LogP) is 2.62. The van der Waals surface area contributed by atoms with E-state index in [-0.39, 0.29) is 0 Å². The summed E-state index contributed by atoms with van der Waals surface area (Å²) >= 11 is 13.9. The summed E-state index contributed by atoms with van der Waals surface area (Å²) in [6.07, 6.45) is -2.91. The molecule has 0 heterocycles. The molecule has 0 amide bonds. The first-order chi connectivity index (χ1) is 2.94. The Morgan fingerprint density at radius 2 is 1.29 bits per heavy atom. The molecule has 0 aliphatic rings. The van der Waals surface area contributed by atoms with Gasteiger partial charge in [0.2, 0.25) is 0 Å². The van der Waals surface area contributed by atoms with Crippen LogP contribution in [0.4, 0.5) is 8.78 Å². The van der Waals surface area contributed by atoms with Gasteiger partial charge in [-0.05, 0) is 0 Å². The van der Waals surface area contributed by atoms with Gasteiger partial charge in [0, 0.05) is 0 Å². The van der Waals surface area contributed by atoms with Gasteiger partial charge in [0.15, 0.2) is 0 Å². The second-order valence-corrected chi connectivity index (χ2v) is 3.21. The van der Waals surface area contributed by atoms with Crippen LogP contribution in [-0.2, 0) is 0 Å². The molecule has 0 aliphatic carbocycles. The van der Waals surface area contributed by atoms with Gasteiger partial charge in [-0.15, -0.1) is 0 Å². The van der Waals surface area contributed by atoms with E-state index in [1.807, 2.05) is 0 Å². The molecule has 0 rings (SSSR count). The van der Waals surface area contributed by atoms with Gasteiger partial charge in [-0.25, -0.2) is 8.78 Å². The fourth-order valence-corrected chi connectivity index (χ4v) is 0. The molecule has 0 atom stereocenters. The SMILES string of the molecule is FC(F)C(Cl)(Cl)Cl. The normalized spacial score (nSPS) is 12.9. The van der Waals surface area contributed by atoms with E-state index in [1.165, 1.54) is 0 Å². The summed E-state index contributed by atoms with van der Waals surface area (Å²) in [6, 6.07) is 0. The Morgan fingerprint density at radius 3 is 1.29 bits per heavy atom. The molecule has 0 radical (unpaired) electrons. The van der Waals surface area contributed by atoms with E-state index in [9.17, 15) is 8.78 Å². The van der Waals surface area contributed by atoms with Crippen molar-refractivity contribution in [2.75, 3.05) is 0 Å². The minimum Gasteiger partial charge on any atom is -0.206 e. The van der Waals surface area contributed by atoms with Crippen molar-refractivity contribution in [1.82, 2.24) is 0 Å². The summed E-state index contributed by atoms with van der Waals surface area (Å²) in [5.74, 6) is 0. The third-order valence-corrected chi connectivity index (χ3v) is 0.742. The van der Waals surface area contributed by atoms with Crippen molar-refractivity contribution in [1.29, 1.82) is 0 Å². The highest BCUT2D eigenvalue weighted by Gasteiger charge is 2.32. The van der Waals surface area contributed by atoms with Crippen LogP contribution in [0.25, 0.3) is 0 Å². The van der Waals surface area contributed by atoms with Crippen LogP contribution >= 0.6 is 34.8 Å². The van der Waals surface area contributed by atoms with Crippen LogP contribution in [0.15, 0.2) is 0 Å². The minimum absolute atomic E-state index is 2.42. The highest BCUT2D eigenvalue weighted by Crippen LogP contribution is 2.32. The largest absolute Gasteiger partial charge is 0.284 e. The summed E-state index contributed by atoms with van der Waals surface area (Å²) in [6.45, 7) is 0. The van der Waals surface area contributed by atoms with Crippen LogP contribution < -0.4 is 0 Å². The second kappa shape index (κ2) is 2.33. The maximum atomic E-state index is 11.1. The van der Waals surface area contributed by atoms with Crippen LogP contribution in [0, 0.1) is 0 Å². The first kappa shape index (κ1) is 7.73. The van der Waals surface area contributed by atoms with Crippen molar-refractivity contribution in [2.24, 2.45) is 0 Å². The van der Waals surface area contributed by atoms with E-state index in [1.54, 1.807) is 0 Å². The molecule has 0 bridgehead atoms. The second-order valence-electron chi connectivity index (χ2n) is 0.842. The molecule has 0 aromatic carbocycles. The van der Waals surface area contributed by atoms with Crippen molar-refractivity contribution in [3.63, 3.8) is 0 Å². The van der Waals surface area contributed by atoms with E-state index in [2.05, 4.69) is 34.8 Å². The molecule has 0 fully saturated rings. The van der Waals surface area contributed by atoms with Crippen LogP contribution in [0.5, 0.6) is 0 Å². The maximum absolute atomic E-state index is 11.1. The molecule has 0 aromatic rings. The molecule has 0 spiro atoms.